The molecule has 1 fully saturated rings. The lowest BCUT2D eigenvalue weighted by Gasteiger charge is -2.38. The number of aliphatic carboxylic acids is 1. The fraction of sp³-hybridized carbons (Fsp3) is 0.923. The Hall–Kier alpha value is -0.625. The van der Waals surface area contributed by atoms with Gasteiger partial charge >= 0.3 is 13.1 Å². The molecule has 1 aliphatic rings. The third kappa shape index (κ3) is 6.70. The van der Waals surface area contributed by atoms with Crippen LogP contribution in [0.15, 0.2) is 0 Å². The van der Waals surface area contributed by atoms with Crippen LogP contribution in [-0.4, -0.2) is 59.3 Å². The smallest absolute Gasteiger partial charge is 0.451 e. The summed E-state index contributed by atoms with van der Waals surface area (Å²) in [5.41, 5.74) is 5.04. The monoisotopic (exact) mass is 288 g/mol. The van der Waals surface area contributed by atoms with E-state index in [-0.39, 0.29) is 5.92 Å². The van der Waals surface area contributed by atoms with E-state index in [0.717, 1.165) is 32.2 Å². The second-order valence-electron chi connectivity index (χ2n) is 5.77. The van der Waals surface area contributed by atoms with Gasteiger partial charge in [-0.05, 0) is 52.1 Å². The van der Waals surface area contributed by atoms with Crippen LogP contribution >= 0.6 is 0 Å². The number of rotatable bonds is 5. The summed E-state index contributed by atoms with van der Waals surface area (Å²) in [6, 6.07) is 0. The first-order valence-corrected chi connectivity index (χ1v) is 7.27. The lowest BCUT2D eigenvalue weighted by atomic mass is 9.72. The number of carboxylic acids is 1. The van der Waals surface area contributed by atoms with Crippen molar-refractivity contribution in [3.05, 3.63) is 0 Å². The molecule has 1 saturated carbocycles. The molecule has 0 heterocycles. The molecule has 0 aromatic rings. The Morgan fingerprint density at radius 1 is 1.40 bits per heavy atom. The Labute approximate surface area is 122 Å². The number of carboxylic acid groups (broad SMARTS) is 1. The van der Waals surface area contributed by atoms with Gasteiger partial charge in [-0.2, -0.15) is 0 Å². The molecule has 5 N–H and O–H groups in total. The summed E-state index contributed by atoms with van der Waals surface area (Å²) >= 11 is 0. The minimum absolute atomic E-state index is 0.131. The highest BCUT2D eigenvalue weighted by Crippen LogP contribution is 2.34. The van der Waals surface area contributed by atoms with Crippen LogP contribution < -0.4 is 5.73 Å². The Bertz CT molecular complexity index is 290. The van der Waals surface area contributed by atoms with Crippen LogP contribution in [0.4, 0.5) is 0 Å². The quantitative estimate of drug-likeness (QED) is 0.545. The molecule has 1 aliphatic carbocycles. The normalized spacial score (nSPS) is 25.9. The molecule has 1 rings (SSSR count). The number of hydrogen-bond acceptors (Lipinski definition) is 5. The summed E-state index contributed by atoms with van der Waals surface area (Å²) in [4.78, 5) is 13.3. The van der Waals surface area contributed by atoms with Gasteiger partial charge in [-0.3, -0.25) is 4.79 Å². The van der Waals surface area contributed by atoms with Crippen molar-refractivity contribution in [3.8, 4) is 0 Å². The van der Waals surface area contributed by atoms with Crippen LogP contribution in [0.2, 0.25) is 6.32 Å². The van der Waals surface area contributed by atoms with E-state index in [1.807, 2.05) is 14.1 Å². The van der Waals surface area contributed by atoms with E-state index in [2.05, 4.69) is 4.90 Å². The number of carbonyl (C=O) groups is 1. The molecule has 0 aromatic heterocycles. The van der Waals surface area contributed by atoms with Crippen LogP contribution in [0.3, 0.4) is 0 Å². The highest BCUT2D eigenvalue weighted by atomic mass is 16.4. The highest BCUT2D eigenvalue weighted by Gasteiger charge is 2.43. The van der Waals surface area contributed by atoms with Gasteiger partial charge in [-0.15, -0.1) is 0 Å². The van der Waals surface area contributed by atoms with Crippen molar-refractivity contribution in [1.82, 2.24) is 4.90 Å². The summed E-state index contributed by atoms with van der Waals surface area (Å²) in [6.07, 6.45) is 4.94. The first-order valence-electron chi connectivity index (χ1n) is 7.27. The fourth-order valence-corrected chi connectivity index (χ4v) is 2.37. The molecule has 2 atom stereocenters. The van der Waals surface area contributed by atoms with Crippen LogP contribution in [-0.2, 0) is 4.79 Å². The van der Waals surface area contributed by atoms with Gasteiger partial charge in [-0.25, -0.2) is 0 Å². The Morgan fingerprint density at radius 3 is 2.35 bits per heavy atom. The molecule has 6 nitrogen and oxygen atoms in total. The zero-order chi connectivity index (χ0) is 15.8. The molecule has 0 saturated heterocycles. The summed E-state index contributed by atoms with van der Waals surface area (Å²) in [5, 5.41) is 25.0. The molecule has 0 radical (unpaired) electrons. The summed E-state index contributed by atoms with van der Waals surface area (Å²) < 4.78 is 0. The summed E-state index contributed by atoms with van der Waals surface area (Å²) in [7, 11) is 2.89. The van der Waals surface area contributed by atoms with Crippen molar-refractivity contribution < 1.29 is 19.9 Å². The van der Waals surface area contributed by atoms with Crippen molar-refractivity contribution in [1.29, 1.82) is 0 Å². The maximum atomic E-state index is 11.2. The Balaban J connectivity index is 0.000000621. The van der Waals surface area contributed by atoms with E-state index in [4.69, 9.17) is 15.8 Å². The van der Waals surface area contributed by atoms with Gasteiger partial charge < -0.3 is 25.8 Å². The highest BCUT2D eigenvalue weighted by molar-refractivity contribution is 6.40. The third-order valence-corrected chi connectivity index (χ3v) is 3.81. The van der Waals surface area contributed by atoms with Gasteiger partial charge in [0.15, 0.2) is 0 Å². The molecule has 0 amide bonds. The van der Waals surface area contributed by atoms with E-state index in [1.54, 1.807) is 6.92 Å². The zero-order valence-corrected chi connectivity index (χ0v) is 12.9. The second kappa shape index (κ2) is 9.34. The predicted molar refractivity (Wildman–Crippen MR) is 80.4 cm³/mol. The number of hydrogen-bond donors (Lipinski definition) is 4. The van der Waals surface area contributed by atoms with Gasteiger partial charge in [0.05, 0.1) is 0 Å². The van der Waals surface area contributed by atoms with Gasteiger partial charge in [0, 0.05) is 0 Å². The van der Waals surface area contributed by atoms with Crippen LogP contribution in [0.25, 0.3) is 0 Å². The maximum Gasteiger partial charge on any atom is 0.451 e. The average molecular weight is 288 g/mol. The van der Waals surface area contributed by atoms with Crippen LogP contribution in [0.5, 0.6) is 0 Å². The third-order valence-electron chi connectivity index (χ3n) is 3.81. The molecule has 0 aliphatic heterocycles. The van der Waals surface area contributed by atoms with Crippen molar-refractivity contribution >= 4 is 13.1 Å². The largest absolute Gasteiger partial charge is 0.480 e. The molecular formula is C13H29BN2O4. The molecule has 118 valence electrons. The molecule has 2 unspecified atom stereocenters. The summed E-state index contributed by atoms with van der Waals surface area (Å²) in [6.45, 7) is 2.61. The zero-order valence-electron chi connectivity index (χ0n) is 12.9. The molecule has 0 spiro atoms. The molecule has 0 bridgehead atoms. The number of nitrogens with zero attached hydrogens (tertiary/aromatic N) is 1. The first-order chi connectivity index (χ1) is 9.24. The van der Waals surface area contributed by atoms with E-state index in [0.29, 0.717) is 12.7 Å². The van der Waals surface area contributed by atoms with Crippen molar-refractivity contribution in [2.24, 2.45) is 11.7 Å². The van der Waals surface area contributed by atoms with E-state index in [9.17, 15) is 9.90 Å². The van der Waals surface area contributed by atoms with Gasteiger partial charge in [-0.1, -0.05) is 19.8 Å². The molecule has 20 heavy (non-hydrogen) atoms. The summed E-state index contributed by atoms with van der Waals surface area (Å²) in [5.74, 6) is -0.697. The van der Waals surface area contributed by atoms with Crippen molar-refractivity contribution in [3.63, 3.8) is 0 Å². The van der Waals surface area contributed by atoms with Crippen LogP contribution in [0.1, 0.15) is 39.0 Å². The van der Waals surface area contributed by atoms with Gasteiger partial charge in [0.1, 0.15) is 5.54 Å². The van der Waals surface area contributed by atoms with Crippen molar-refractivity contribution in [2.75, 3.05) is 20.6 Å². The topological polar surface area (TPSA) is 107 Å². The lowest BCUT2D eigenvalue weighted by molar-refractivity contribution is -0.147. The number of nitrogens with two attached hydrogens (primary N) is 1. The SMILES string of the molecule is CCB(O)O.CN(C)CCC1CCCCC1(N)C(=O)O. The minimum atomic E-state index is -1.12. The standard InChI is InChI=1S/C11H22N2O2.C2H7BO2/c1-13(2)8-6-9-5-3-4-7-11(9,12)10(14)15;1-2-3(4)5/h9H,3-8,12H2,1-2H3,(H,14,15);4-5H,2H2,1H3. The molecule has 7 heteroatoms. The van der Waals surface area contributed by atoms with E-state index in [1.165, 1.54) is 0 Å². The Kier molecular flexibility index (Phi) is 9.04. The van der Waals surface area contributed by atoms with Gasteiger partial charge in [0.25, 0.3) is 0 Å². The second-order valence-corrected chi connectivity index (χ2v) is 5.77. The minimum Gasteiger partial charge on any atom is -0.480 e. The molecule has 0 aromatic carbocycles. The fourth-order valence-electron chi connectivity index (χ4n) is 2.37. The first kappa shape index (κ1) is 19.4. The van der Waals surface area contributed by atoms with Crippen molar-refractivity contribution in [2.45, 2.75) is 50.9 Å². The Morgan fingerprint density at radius 2 is 1.95 bits per heavy atom. The van der Waals surface area contributed by atoms with E-state index < -0.39 is 18.6 Å². The lowest BCUT2D eigenvalue weighted by Crippen LogP contribution is -2.56. The van der Waals surface area contributed by atoms with Crippen LogP contribution in [0, 0.1) is 5.92 Å². The average Bonchev–Trinajstić information content (AvgIpc) is 2.38. The predicted octanol–water partition coefficient (Wildman–Crippen LogP) is 0.390. The maximum absolute atomic E-state index is 11.2. The van der Waals surface area contributed by atoms with Gasteiger partial charge in [0.2, 0.25) is 0 Å². The van der Waals surface area contributed by atoms with E-state index >= 15 is 0 Å². The molecular weight excluding hydrogens is 259 g/mol.